The average Bonchev–Trinajstić information content (AvgIpc) is 2.82. The lowest BCUT2D eigenvalue weighted by atomic mass is 10.4. The van der Waals surface area contributed by atoms with Crippen molar-refractivity contribution in [1.82, 2.24) is 25.3 Å². The van der Waals surface area contributed by atoms with Crippen molar-refractivity contribution in [2.24, 2.45) is 5.84 Å². The van der Waals surface area contributed by atoms with Gasteiger partial charge in [0.1, 0.15) is 0 Å². The smallest absolute Gasteiger partial charge is 0.287 e. The fourth-order valence-corrected chi connectivity index (χ4v) is 1.57. The van der Waals surface area contributed by atoms with E-state index in [1.165, 1.54) is 0 Å². The summed E-state index contributed by atoms with van der Waals surface area (Å²) in [5.74, 6) is 4.59. The van der Waals surface area contributed by atoms with E-state index in [0.717, 1.165) is 32.6 Å². The highest BCUT2D eigenvalue weighted by atomic mass is 16.2. The minimum atomic E-state index is -0.419. The van der Waals surface area contributed by atoms with Crippen LogP contribution in [0.15, 0.2) is 6.20 Å². The van der Waals surface area contributed by atoms with Gasteiger partial charge in [-0.3, -0.25) is 14.9 Å². The number of hydrogen-bond donors (Lipinski definition) is 2. The normalized spacial score (nSPS) is 10.8. The molecular weight excluding hydrogens is 220 g/mol. The van der Waals surface area contributed by atoms with Crippen molar-refractivity contribution in [3.05, 3.63) is 11.9 Å². The summed E-state index contributed by atoms with van der Waals surface area (Å²) in [5.41, 5.74) is 2.27. The maximum absolute atomic E-state index is 11.2. The molecule has 0 saturated heterocycles. The Kier molecular flexibility index (Phi) is 5.58. The van der Waals surface area contributed by atoms with Gasteiger partial charge < -0.3 is 4.90 Å². The van der Waals surface area contributed by atoms with Crippen LogP contribution in [0.5, 0.6) is 0 Å². The first-order chi connectivity index (χ1) is 8.21. The lowest BCUT2D eigenvalue weighted by Gasteiger charge is -2.18. The van der Waals surface area contributed by atoms with Gasteiger partial charge in [0.15, 0.2) is 5.69 Å². The predicted molar refractivity (Wildman–Crippen MR) is 64.1 cm³/mol. The zero-order valence-corrected chi connectivity index (χ0v) is 10.4. The summed E-state index contributed by atoms with van der Waals surface area (Å²) in [6.07, 6.45) is 2.73. The third-order valence-electron chi connectivity index (χ3n) is 2.53. The summed E-state index contributed by atoms with van der Waals surface area (Å²) in [6.45, 7) is 7.99. The summed E-state index contributed by atoms with van der Waals surface area (Å²) >= 11 is 0. The van der Waals surface area contributed by atoms with Gasteiger partial charge in [-0.05, 0) is 19.5 Å². The van der Waals surface area contributed by atoms with Crippen LogP contribution in [0.25, 0.3) is 0 Å². The second kappa shape index (κ2) is 6.97. The van der Waals surface area contributed by atoms with Gasteiger partial charge in [0.05, 0.1) is 12.7 Å². The van der Waals surface area contributed by atoms with Gasteiger partial charge in [-0.25, -0.2) is 5.84 Å². The molecule has 17 heavy (non-hydrogen) atoms. The number of nitrogens with zero attached hydrogens (tertiary/aromatic N) is 4. The van der Waals surface area contributed by atoms with Gasteiger partial charge in [0.25, 0.3) is 5.91 Å². The molecule has 0 unspecified atom stereocenters. The highest BCUT2D eigenvalue weighted by Crippen LogP contribution is 1.95. The van der Waals surface area contributed by atoms with E-state index in [1.807, 2.05) is 5.43 Å². The van der Waals surface area contributed by atoms with Crippen LogP contribution in [-0.2, 0) is 6.54 Å². The van der Waals surface area contributed by atoms with Crippen LogP contribution in [0.4, 0.5) is 0 Å². The van der Waals surface area contributed by atoms with Crippen molar-refractivity contribution >= 4 is 5.91 Å². The predicted octanol–water partition coefficient (Wildman–Crippen LogP) is -0.386. The summed E-state index contributed by atoms with van der Waals surface area (Å²) in [5, 5.41) is 7.61. The van der Waals surface area contributed by atoms with Crippen LogP contribution < -0.4 is 11.3 Å². The Morgan fingerprint density at radius 2 is 2.29 bits per heavy atom. The van der Waals surface area contributed by atoms with Gasteiger partial charge >= 0.3 is 0 Å². The molecular formula is C10H20N6O. The summed E-state index contributed by atoms with van der Waals surface area (Å²) in [6, 6.07) is 0. The molecule has 0 radical (unpaired) electrons. The number of hydrazine groups is 1. The first-order valence-electron chi connectivity index (χ1n) is 5.84. The summed E-state index contributed by atoms with van der Waals surface area (Å²) in [4.78, 5) is 13.5. The molecule has 0 aromatic carbocycles. The fraction of sp³-hybridized carbons (Fsp3) is 0.700. The maximum atomic E-state index is 11.2. The molecule has 0 bridgehead atoms. The summed E-state index contributed by atoms with van der Waals surface area (Å²) in [7, 11) is 0. The molecule has 1 amide bonds. The van der Waals surface area contributed by atoms with Gasteiger partial charge in [-0.2, -0.15) is 0 Å². The van der Waals surface area contributed by atoms with Crippen LogP contribution in [-0.4, -0.2) is 45.4 Å². The number of rotatable bonds is 7. The molecule has 7 nitrogen and oxygen atoms in total. The Balaban J connectivity index is 2.46. The number of nitrogens with two attached hydrogens (primary N) is 1. The number of nitrogen functional groups attached to an aromatic ring is 1. The van der Waals surface area contributed by atoms with E-state index in [9.17, 15) is 4.79 Å². The summed E-state index contributed by atoms with van der Waals surface area (Å²) < 4.78 is 1.66. The third-order valence-corrected chi connectivity index (χ3v) is 2.53. The largest absolute Gasteiger partial charge is 0.302 e. The molecule has 1 heterocycles. The molecule has 0 spiro atoms. The minimum absolute atomic E-state index is 0.242. The monoisotopic (exact) mass is 240 g/mol. The highest BCUT2D eigenvalue weighted by Gasteiger charge is 2.09. The van der Waals surface area contributed by atoms with Gasteiger partial charge in [0, 0.05) is 6.54 Å². The molecule has 0 aliphatic heterocycles. The topological polar surface area (TPSA) is 89.1 Å². The molecule has 0 atom stereocenters. The maximum Gasteiger partial charge on any atom is 0.287 e. The van der Waals surface area contributed by atoms with Crippen molar-refractivity contribution < 1.29 is 4.79 Å². The first-order valence-corrected chi connectivity index (χ1v) is 5.84. The second-order valence-electron chi connectivity index (χ2n) is 3.77. The zero-order chi connectivity index (χ0) is 12.7. The molecule has 0 aliphatic rings. The molecule has 7 heteroatoms. The minimum Gasteiger partial charge on any atom is -0.302 e. The van der Waals surface area contributed by atoms with Gasteiger partial charge in [-0.1, -0.05) is 19.1 Å². The Morgan fingerprint density at radius 3 is 2.88 bits per heavy atom. The Morgan fingerprint density at radius 1 is 1.53 bits per heavy atom. The molecule has 0 fully saturated rings. The number of nitrogens with one attached hydrogen (secondary N) is 1. The molecule has 1 aromatic heterocycles. The Bertz CT molecular complexity index is 350. The SMILES string of the molecule is CCCN(CC)CCn1cc(C(=O)NN)nn1. The number of amides is 1. The van der Waals surface area contributed by atoms with Crippen LogP contribution in [0.2, 0.25) is 0 Å². The van der Waals surface area contributed by atoms with Crippen molar-refractivity contribution in [1.29, 1.82) is 0 Å². The van der Waals surface area contributed by atoms with Gasteiger partial charge in [-0.15, -0.1) is 5.10 Å². The van der Waals surface area contributed by atoms with Crippen LogP contribution >= 0.6 is 0 Å². The third kappa shape index (κ3) is 4.12. The highest BCUT2D eigenvalue weighted by molar-refractivity contribution is 5.91. The first kappa shape index (κ1) is 13.6. The second-order valence-corrected chi connectivity index (χ2v) is 3.77. The lowest BCUT2D eigenvalue weighted by Crippen LogP contribution is -2.30. The van der Waals surface area contributed by atoms with Crippen LogP contribution in [0, 0.1) is 0 Å². The Hall–Kier alpha value is -1.47. The lowest BCUT2D eigenvalue weighted by molar-refractivity contribution is 0.0948. The zero-order valence-electron chi connectivity index (χ0n) is 10.4. The van der Waals surface area contributed by atoms with Crippen molar-refractivity contribution in [3.63, 3.8) is 0 Å². The average molecular weight is 240 g/mol. The van der Waals surface area contributed by atoms with E-state index >= 15 is 0 Å². The van der Waals surface area contributed by atoms with E-state index in [4.69, 9.17) is 5.84 Å². The number of carbonyl (C=O) groups is 1. The molecule has 3 N–H and O–H groups in total. The molecule has 1 rings (SSSR count). The number of carbonyl (C=O) groups excluding carboxylic acids is 1. The molecule has 0 aliphatic carbocycles. The number of hydrogen-bond acceptors (Lipinski definition) is 5. The molecule has 1 aromatic rings. The van der Waals surface area contributed by atoms with Crippen molar-refractivity contribution in [2.45, 2.75) is 26.8 Å². The van der Waals surface area contributed by atoms with Crippen LogP contribution in [0.1, 0.15) is 30.8 Å². The van der Waals surface area contributed by atoms with Gasteiger partial charge in [0.2, 0.25) is 0 Å². The van der Waals surface area contributed by atoms with E-state index in [0.29, 0.717) is 0 Å². The number of aromatic nitrogens is 3. The molecule has 96 valence electrons. The van der Waals surface area contributed by atoms with Crippen molar-refractivity contribution in [3.8, 4) is 0 Å². The van der Waals surface area contributed by atoms with Crippen molar-refractivity contribution in [2.75, 3.05) is 19.6 Å². The van der Waals surface area contributed by atoms with Crippen LogP contribution in [0.3, 0.4) is 0 Å². The molecule has 0 saturated carbocycles. The number of likely N-dealkylation sites (N-methyl/N-ethyl adjacent to an activating group) is 1. The quantitative estimate of drug-likeness (QED) is 0.385. The van der Waals surface area contributed by atoms with E-state index in [1.54, 1.807) is 10.9 Å². The van der Waals surface area contributed by atoms with E-state index < -0.39 is 5.91 Å². The fourth-order valence-electron chi connectivity index (χ4n) is 1.57. The van der Waals surface area contributed by atoms with E-state index in [-0.39, 0.29) is 5.69 Å². The van der Waals surface area contributed by atoms with E-state index in [2.05, 4.69) is 29.1 Å². The standard InChI is InChI=1S/C10H20N6O/c1-3-5-15(4-2)6-7-16-8-9(13-14-16)10(17)12-11/h8H,3-7,11H2,1-2H3,(H,12,17). The Labute approximate surface area is 101 Å².